The normalized spacial score (nSPS) is 22.9. The zero-order chi connectivity index (χ0) is 30.6. The minimum absolute atomic E-state index is 0.0697. The zero-order valence-electron chi connectivity index (χ0n) is 26.3. The number of hydrogen-bond acceptors (Lipinski definition) is 6. The van der Waals surface area contributed by atoms with Crippen molar-refractivity contribution in [2.24, 2.45) is 12.5 Å². The van der Waals surface area contributed by atoms with Gasteiger partial charge in [0, 0.05) is 55.6 Å². The van der Waals surface area contributed by atoms with Crippen molar-refractivity contribution in [2.75, 3.05) is 32.8 Å². The molecule has 0 spiro atoms. The van der Waals surface area contributed by atoms with Gasteiger partial charge >= 0.3 is 0 Å². The van der Waals surface area contributed by atoms with Crippen molar-refractivity contribution in [1.82, 2.24) is 34.6 Å². The molecule has 3 aliphatic heterocycles. The summed E-state index contributed by atoms with van der Waals surface area (Å²) in [4.78, 5) is 38.8. The Balaban J connectivity index is 1.25. The molecule has 1 fully saturated rings. The van der Waals surface area contributed by atoms with E-state index in [-0.39, 0.29) is 23.9 Å². The second-order valence-corrected chi connectivity index (χ2v) is 13.4. The number of pyridine rings is 1. The molecular weight excluding hydrogens is 554 g/mol. The Morgan fingerprint density at radius 2 is 1.93 bits per heavy atom. The number of aromatic nitrogens is 4. The molecule has 0 aliphatic carbocycles. The third-order valence-electron chi connectivity index (χ3n) is 9.80. The van der Waals surface area contributed by atoms with Crippen LogP contribution in [-0.2, 0) is 29.5 Å². The lowest BCUT2D eigenvalue weighted by atomic mass is 9.85. The van der Waals surface area contributed by atoms with E-state index in [1.807, 2.05) is 37.8 Å². The van der Waals surface area contributed by atoms with E-state index < -0.39 is 5.41 Å². The molecule has 2 bridgehead atoms. The zero-order valence-corrected chi connectivity index (χ0v) is 26.3. The molecule has 3 aliphatic rings. The van der Waals surface area contributed by atoms with Crippen LogP contribution < -0.4 is 10.6 Å². The summed E-state index contributed by atoms with van der Waals surface area (Å²) in [7, 11) is 2.06. The summed E-state index contributed by atoms with van der Waals surface area (Å²) < 4.78 is 10.1. The topological polar surface area (TPSA) is 106 Å². The summed E-state index contributed by atoms with van der Waals surface area (Å²) in [5.74, 6) is 1.01. The number of benzene rings is 1. The van der Waals surface area contributed by atoms with Gasteiger partial charge in [-0.15, -0.1) is 0 Å². The number of carbonyl (C=O) groups excluding carboxylic acids is 2. The van der Waals surface area contributed by atoms with E-state index in [9.17, 15) is 9.59 Å². The van der Waals surface area contributed by atoms with Gasteiger partial charge in [-0.3, -0.25) is 9.59 Å². The lowest BCUT2D eigenvalue weighted by Crippen LogP contribution is -2.51. The van der Waals surface area contributed by atoms with Crippen LogP contribution in [0.2, 0.25) is 0 Å². The molecule has 10 nitrogen and oxygen atoms in total. The number of fused-ring (bicyclic) bond motifs is 3. The molecule has 2 atom stereocenters. The number of aryl methyl sites for hydroxylation is 2. The minimum Gasteiger partial charge on any atom is -0.378 e. The van der Waals surface area contributed by atoms with Crippen LogP contribution in [-0.4, -0.2) is 74.7 Å². The van der Waals surface area contributed by atoms with Crippen molar-refractivity contribution in [2.45, 2.75) is 71.5 Å². The monoisotopic (exact) mass is 597 g/mol. The summed E-state index contributed by atoms with van der Waals surface area (Å²) in [5, 5.41) is 7.72. The summed E-state index contributed by atoms with van der Waals surface area (Å²) >= 11 is 0. The highest BCUT2D eigenvalue weighted by Gasteiger charge is 2.31. The molecule has 0 saturated carbocycles. The Morgan fingerprint density at radius 1 is 1.07 bits per heavy atom. The Bertz CT molecular complexity index is 1750. The molecule has 1 aromatic carbocycles. The van der Waals surface area contributed by atoms with E-state index in [2.05, 4.69) is 45.0 Å². The maximum Gasteiger partial charge on any atom is 0.254 e. The Labute approximate surface area is 258 Å². The van der Waals surface area contributed by atoms with E-state index in [4.69, 9.17) is 14.7 Å². The van der Waals surface area contributed by atoms with Crippen LogP contribution in [0.4, 0.5) is 0 Å². The van der Waals surface area contributed by atoms with E-state index >= 15 is 0 Å². The van der Waals surface area contributed by atoms with Gasteiger partial charge in [-0.1, -0.05) is 26.7 Å². The fourth-order valence-corrected chi connectivity index (χ4v) is 7.01. The minimum atomic E-state index is -0.418. The number of nitrogens with one attached hydrogen (secondary N) is 2. The van der Waals surface area contributed by atoms with Gasteiger partial charge in [0.2, 0.25) is 5.91 Å². The molecule has 232 valence electrons. The van der Waals surface area contributed by atoms with Crippen molar-refractivity contribution in [1.29, 1.82) is 0 Å². The molecule has 0 radical (unpaired) electrons. The van der Waals surface area contributed by atoms with E-state index in [1.54, 1.807) is 0 Å². The first-order chi connectivity index (χ1) is 21.2. The van der Waals surface area contributed by atoms with Gasteiger partial charge in [0.15, 0.2) is 5.82 Å². The van der Waals surface area contributed by atoms with Gasteiger partial charge in [-0.2, -0.15) is 0 Å². The van der Waals surface area contributed by atoms with Crippen molar-refractivity contribution in [3.8, 4) is 11.5 Å². The van der Waals surface area contributed by atoms with Gasteiger partial charge in [-0.05, 0) is 62.1 Å². The second kappa shape index (κ2) is 11.3. The molecule has 1 saturated heterocycles. The lowest BCUT2D eigenvalue weighted by molar-refractivity contribution is -0.130. The van der Waals surface area contributed by atoms with Crippen LogP contribution >= 0.6 is 0 Å². The van der Waals surface area contributed by atoms with Crippen molar-refractivity contribution >= 4 is 33.9 Å². The molecule has 2 N–H and O–H groups in total. The number of rotatable bonds is 3. The first kappa shape index (κ1) is 29.0. The summed E-state index contributed by atoms with van der Waals surface area (Å²) in [6.45, 7) is 10.4. The van der Waals surface area contributed by atoms with Gasteiger partial charge in [0.05, 0.1) is 41.7 Å². The maximum atomic E-state index is 13.6. The predicted octanol–water partition coefficient (Wildman–Crippen LogP) is 4.35. The quantitative estimate of drug-likeness (QED) is 0.364. The van der Waals surface area contributed by atoms with E-state index in [0.717, 1.165) is 102 Å². The van der Waals surface area contributed by atoms with Crippen LogP contribution in [0.1, 0.15) is 74.1 Å². The molecule has 6 heterocycles. The third kappa shape index (κ3) is 5.17. The maximum absolute atomic E-state index is 13.6. The first-order valence-electron chi connectivity index (χ1n) is 16.1. The SMILES string of the molecule is CC1NC(=O)C(C)(C)CCCCCn2c(-c3nc4cc5c(cc4n3C)CCN(C[C@H]3COCCN3)C5=O)cc3ccc1nc32. The van der Waals surface area contributed by atoms with Crippen LogP contribution in [0, 0.1) is 5.41 Å². The predicted molar refractivity (Wildman–Crippen MR) is 170 cm³/mol. The van der Waals surface area contributed by atoms with Crippen molar-refractivity contribution in [3.63, 3.8) is 0 Å². The van der Waals surface area contributed by atoms with E-state index in [1.165, 1.54) is 0 Å². The number of nitrogens with zero attached hydrogens (tertiary/aromatic N) is 5. The van der Waals surface area contributed by atoms with Gasteiger partial charge in [0.25, 0.3) is 5.91 Å². The number of hydrogen-bond donors (Lipinski definition) is 2. The second-order valence-electron chi connectivity index (χ2n) is 13.4. The summed E-state index contributed by atoms with van der Waals surface area (Å²) in [6, 6.07) is 10.4. The van der Waals surface area contributed by atoms with Gasteiger partial charge < -0.3 is 29.4 Å². The highest BCUT2D eigenvalue weighted by molar-refractivity contribution is 6.00. The molecular formula is C34H43N7O3. The van der Waals surface area contributed by atoms with Gasteiger partial charge in [-0.25, -0.2) is 9.97 Å². The first-order valence-corrected chi connectivity index (χ1v) is 16.1. The van der Waals surface area contributed by atoms with E-state index in [0.29, 0.717) is 19.7 Å². The number of ether oxygens (including phenoxy) is 1. The van der Waals surface area contributed by atoms with Crippen LogP contribution in [0.25, 0.3) is 33.6 Å². The van der Waals surface area contributed by atoms with Crippen molar-refractivity contribution in [3.05, 3.63) is 47.2 Å². The van der Waals surface area contributed by atoms with Crippen LogP contribution in [0.15, 0.2) is 30.3 Å². The molecule has 3 aromatic heterocycles. The standard InChI is InChI=1S/C34H43N7O3/c1-21-26-9-8-23-17-29(41(30(23)37-26)13-7-5-6-11-34(2,3)33(43)36-21)31-38-27-18-25-22(16-28(27)39(31)4)10-14-40(32(25)42)19-24-20-44-15-12-35-24/h8-9,16-18,21,24,35H,5-7,10-15,19-20H2,1-4H3,(H,36,43)/t21?,24-/m0/s1. The average molecular weight is 598 g/mol. The fraction of sp³-hybridized carbons (Fsp3) is 0.529. The van der Waals surface area contributed by atoms with Gasteiger partial charge in [0.1, 0.15) is 5.65 Å². The van der Waals surface area contributed by atoms with Crippen LogP contribution in [0.5, 0.6) is 0 Å². The third-order valence-corrected chi connectivity index (χ3v) is 9.80. The highest BCUT2D eigenvalue weighted by Crippen LogP contribution is 2.34. The van der Waals surface area contributed by atoms with Crippen LogP contribution in [0.3, 0.4) is 0 Å². The average Bonchev–Trinajstić information content (AvgIpc) is 3.53. The Morgan fingerprint density at radius 3 is 2.75 bits per heavy atom. The molecule has 2 amide bonds. The number of amides is 2. The molecule has 10 heteroatoms. The Hall–Kier alpha value is -3.76. The Kier molecular flexibility index (Phi) is 7.45. The fourth-order valence-electron chi connectivity index (χ4n) is 7.01. The largest absolute Gasteiger partial charge is 0.378 e. The lowest BCUT2D eigenvalue weighted by Gasteiger charge is -2.33. The number of morpholine rings is 1. The highest BCUT2D eigenvalue weighted by atomic mass is 16.5. The van der Waals surface area contributed by atoms with Crippen molar-refractivity contribution < 1.29 is 14.3 Å². The molecule has 7 rings (SSSR count). The summed E-state index contributed by atoms with van der Waals surface area (Å²) in [6.07, 6.45) is 4.68. The molecule has 4 aromatic rings. The number of carbonyl (C=O) groups is 2. The molecule has 1 unspecified atom stereocenters. The summed E-state index contributed by atoms with van der Waals surface area (Å²) in [5.41, 5.74) is 6.04. The molecule has 44 heavy (non-hydrogen) atoms. The smallest absolute Gasteiger partial charge is 0.254 e. The number of imidazole rings is 1.